The minimum absolute atomic E-state index is 0.208. The molecule has 1 aromatic carbocycles. The number of benzene rings is 1. The van der Waals surface area contributed by atoms with Crippen LogP contribution in [-0.4, -0.2) is 48.4 Å². The van der Waals surface area contributed by atoms with Crippen molar-refractivity contribution >= 4 is 11.6 Å². The predicted octanol–water partition coefficient (Wildman–Crippen LogP) is 1.61. The molecule has 0 atom stereocenters. The summed E-state index contributed by atoms with van der Waals surface area (Å²) in [6, 6.07) is 7.59. The minimum Gasteiger partial charge on any atom is -0.399 e. The van der Waals surface area contributed by atoms with Crippen LogP contribution < -0.4 is 5.73 Å². The van der Waals surface area contributed by atoms with Gasteiger partial charge < -0.3 is 10.6 Å². The van der Waals surface area contributed by atoms with Gasteiger partial charge in [-0.1, -0.05) is 26.0 Å². The van der Waals surface area contributed by atoms with Crippen LogP contribution in [0.4, 0.5) is 5.69 Å². The lowest BCUT2D eigenvalue weighted by Crippen LogP contribution is -2.49. The third-order valence-electron chi connectivity index (χ3n) is 3.65. The maximum atomic E-state index is 12.3. The van der Waals surface area contributed by atoms with Crippen LogP contribution in [0.5, 0.6) is 0 Å². The number of hydrogen-bond acceptors (Lipinski definition) is 3. The van der Waals surface area contributed by atoms with Gasteiger partial charge in [0, 0.05) is 38.4 Å². The SMILES string of the molecule is CC(C)CN1CCN(C(=O)Cc2cccc(N)c2)CC1. The molecule has 110 valence electrons. The Morgan fingerprint density at radius 2 is 1.95 bits per heavy atom. The van der Waals surface area contributed by atoms with Crippen molar-refractivity contribution < 1.29 is 4.79 Å². The van der Waals surface area contributed by atoms with Crippen molar-refractivity contribution in [3.63, 3.8) is 0 Å². The second-order valence-corrected chi connectivity index (χ2v) is 6.00. The molecule has 0 spiro atoms. The molecular formula is C16H25N3O. The molecule has 2 rings (SSSR count). The van der Waals surface area contributed by atoms with Gasteiger partial charge in [-0.05, 0) is 23.6 Å². The fraction of sp³-hybridized carbons (Fsp3) is 0.562. The maximum absolute atomic E-state index is 12.3. The summed E-state index contributed by atoms with van der Waals surface area (Å²) in [7, 11) is 0. The van der Waals surface area contributed by atoms with Gasteiger partial charge in [-0.3, -0.25) is 9.69 Å². The summed E-state index contributed by atoms with van der Waals surface area (Å²) >= 11 is 0. The third-order valence-corrected chi connectivity index (χ3v) is 3.65. The maximum Gasteiger partial charge on any atom is 0.227 e. The topological polar surface area (TPSA) is 49.6 Å². The van der Waals surface area contributed by atoms with E-state index in [1.807, 2.05) is 29.2 Å². The van der Waals surface area contributed by atoms with Crippen molar-refractivity contribution in [2.45, 2.75) is 20.3 Å². The first-order valence-corrected chi connectivity index (χ1v) is 7.39. The Labute approximate surface area is 121 Å². The lowest BCUT2D eigenvalue weighted by atomic mass is 10.1. The van der Waals surface area contributed by atoms with Gasteiger partial charge >= 0.3 is 0 Å². The smallest absolute Gasteiger partial charge is 0.227 e. The van der Waals surface area contributed by atoms with Crippen molar-refractivity contribution in [2.75, 3.05) is 38.5 Å². The Hall–Kier alpha value is -1.55. The van der Waals surface area contributed by atoms with Crippen LogP contribution in [0.2, 0.25) is 0 Å². The Morgan fingerprint density at radius 1 is 1.25 bits per heavy atom. The molecule has 1 aromatic rings. The molecule has 0 saturated carbocycles. The zero-order valence-electron chi connectivity index (χ0n) is 12.5. The highest BCUT2D eigenvalue weighted by Crippen LogP contribution is 2.11. The summed E-state index contributed by atoms with van der Waals surface area (Å²) in [6.45, 7) is 9.25. The number of amides is 1. The molecule has 1 amide bonds. The second-order valence-electron chi connectivity index (χ2n) is 6.00. The number of anilines is 1. The van der Waals surface area contributed by atoms with Crippen molar-refractivity contribution in [1.29, 1.82) is 0 Å². The van der Waals surface area contributed by atoms with Crippen LogP contribution in [0.15, 0.2) is 24.3 Å². The summed E-state index contributed by atoms with van der Waals surface area (Å²) in [6.07, 6.45) is 0.454. The van der Waals surface area contributed by atoms with E-state index >= 15 is 0 Å². The molecule has 0 aliphatic carbocycles. The number of piperazine rings is 1. The minimum atomic E-state index is 0.208. The van der Waals surface area contributed by atoms with Gasteiger partial charge in [-0.15, -0.1) is 0 Å². The fourth-order valence-corrected chi connectivity index (χ4v) is 2.69. The molecule has 4 heteroatoms. The van der Waals surface area contributed by atoms with Gasteiger partial charge in [0.05, 0.1) is 6.42 Å². The van der Waals surface area contributed by atoms with E-state index in [0.717, 1.165) is 44.0 Å². The number of nitrogens with zero attached hydrogens (tertiary/aromatic N) is 2. The Kier molecular flexibility index (Phi) is 5.01. The molecule has 1 saturated heterocycles. The summed E-state index contributed by atoms with van der Waals surface area (Å²) in [5.74, 6) is 0.893. The van der Waals surface area contributed by atoms with Crippen molar-refractivity contribution in [3.05, 3.63) is 29.8 Å². The van der Waals surface area contributed by atoms with Crippen LogP contribution in [0, 0.1) is 5.92 Å². The van der Waals surface area contributed by atoms with Crippen molar-refractivity contribution in [3.8, 4) is 0 Å². The van der Waals surface area contributed by atoms with E-state index in [1.54, 1.807) is 0 Å². The van der Waals surface area contributed by atoms with Gasteiger partial charge in [-0.2, -0.15) is 0 Å². The van der Waals surface area contributed by atoms with E-state index in [2.05, 4.69) is 18.7 Å². The number of hydrogen-bond donors (Lipinski definition) is 1. The van der Waals surface area contributed by atoms with E-state index in [9.17, 15) is 4.79 Å². The van der Waals surface area contributed by atoms with Crippen molar-refractivity contribution in [1.82, 2.24) is 9.80 Å². The number of carbonyl (C=O) groups is 1. The molecule has 1 aliphatic heterocycles. The molecule has 0 radical (unpaired) electrons. The van der Waals surface area contributed by atoms with Gasteiger partial charge in [0.2, 0.25) is 5.91 Å². The lowest BCUT2D eigenvalue weighted by molar-refractivity contribution is -0.132. The summed E-state index contributed by atoms with van der Waals surface area (Å²) in [5, 5.41) is 0. The molecule has 20 heavy (non-hydrogen) atoms. The zero-order valence-corrected chi connectivity index (χ0v) is 12.5. The number of rotatable bonds is 4. The number of carbonyl (C=O) groups excluding carboxylic acids is 1. The van der Waals surface area contributed by atoms with Crippen LogP contribution in [0.25, 0.3) is 0 Å². The highest BCUT2D eigenvalue weighted by atomic mass is 16.2. The molecule has 0 unspecified atom stereocenters. The Morgan fingerprint density at radius 3 is 2.55 bits per heavy atom. The molecule has 1 heterocycles. The highest BCUT2D eigenvalue weighted by Gasteiger charge is 2.21. The van der Waals surface area contributed by atoms with Crippen LogP contribution in [-0.2, 0) is 11.2 Å². The largest absolute Gasteiger partial charge is 0.399 e. The molecule has 1 aliphatic rings. The first-order valence-electron chi connectivity index (χ1n) is 7.39. The molecular weight excluding hydrogens is 250 g/mol. The summed E-state index contributed by atoms with van der Waals surface area (Å²) < 4.78 is 0. The first kappa shape index (κ1) is 14.9. The highest BCUT2D eigenvalue weighted by molar-refractivity contribution is 5.79. The first-order chi connectivity index (χ1) is 9.54. The quantitative estimate of drug-likeness (QED) is 0.849. The third kappa shape index (κ3) is 4.23. The molecule has 1 fully saturated rings. The van der Waals surface area contributed by atoms with Crippen LogP contribution >= 0.6 is 0 Å². The van der Waals surface area contributed by atoms with Crippen molar-refractivity contribution in [2.24, 2.45) is 5.92 Å². The van der Waals surface area contributed by atoms with E-state index in [4.69, 9.17) is 5.73 Å². The Balaban J connectivity index is 1.83. The lowest BCUT2D eigenvalue weighted by Gasteiger charge is -2.35. The van der Waals surface area contributed by atoms with Gasteiger partial charge in [0.1, 0.15) is 0 Å². The average Bonchev–Trinajstić information content (AvgIpc) is 2.38. The Bertz CT molecular complexity index is 451. The zero-order chi connectivity index (χ0) is 14.5. The number of nitrogens with two attached hydrogens (primary N) is 1. The van der Waals surface area contributed by atoms with E-state index < -0.39 is 0 Å². The summed E-state index contributed by atoms with van der Waals surface area (Å²) in [5.41, 5.74) is 7.46. The predicted molar refractivity (Wildman–Crippen MR) is 82.4 cm³/mol. The fourth-order valence-electron chi connectivity index (χ4n) is 2.69. The number of nitrogen functional groups attached to an aromatic ring is 1. The standard InChI is InChI=1S/C16H25N3O/c1-13(2)12-18-6-8-19(9-7-18)16(20)11-14-4-3-5-15(17)10-14/h3-5,10,13H,6-9,11-12,17H2,1-2H3. The van der Waals surface area contributed by atoms with E-state index in [-0.39, 0.29) is 5.91 Å². The van der Waals surface area contributed by atoms with Crippen LogP contribution in [0.3, 0.4) is 0 Å². The normalized spacial score (nSPS) is 16.6. The van der Waals surface area contributed by atoms with E-state index in [1.165, 1.54) is 0 Å². The van der Waals surface area contributed by atoms with Crippen LogP contribution in [0.1, 0.15) is 19.4 Å². The van der Waals surface area contributed by atoms with E-state index in [0.29, 0.717) is 12.3 Å². The molecule has 2 N–H and O–H groups in total. The van der Waals surface area contributed by atoms with Gasteiger partial charge in [-0.25, -0.2) is 0 Å². The van der Waals surface area contributed by atoms with Gasteiger partial charge in [0.15, 0.2) is 0 Å². The molecule has 0 aromatic heterocycles. The summed E-state index contributed by atoms with van der Waals surface area (Å²) in [4.78, 5) is 16.7. The molecule has 0 bridgehead atoms. The second kappa shape index (κ2) is 6.75. The monoisotopic (exact) mass is 275 g/mol. The van der Waals surface area contributed by atoms with Gasteiger partial charge in [0.25, 0.3) is 0 Å². The average molecular weight is 275 g/mol. The molecule has 4 nitrogen and oxygen atoms in total.